The predicted octanol–water partition coefficient (Wildman–Crippen LogP) is 2.66. The highest BCUT2D eigenvalue weighted by molar-refractivity contribution is 5.78. The first-order valence-corrected chi connectivity index (χ1v) is 10.5. The lowest BCUT2D eigenvalue weighted by molar-refractivity contribution is -0.143. The van der Waals surface area contributed by atoms with Gasteiger partial charge in [-0.25, -0.2) is 4.98 Å². The number of carbonyl (C=O) groups excluding carboxylic acids is 2. The summed E-state index contributed by atoms with van der Waals surface area (Å²) >= 11 is 0. The van der Waals surface area contributed by atoms with Crippen molar-refractivity contribution in [3.8, 4) is 0 Å². The van der Waals surface area contributed by atoms with Gasteiger partial charge < -0.3 is 14.4 Å². The van der Waals surface area contributed by atoms with Gasteiger partial charge in [-0.15, -0.1) is 0 Å². The average molecular weight is 396 g/mol. The summed E-state index contributed by atoms with van der Waals surface area (Å²) in [4.78, 5) is 37.4. The topological polar surface area (TPSA) is 71.3 Å². The third-order valence-electron chi connectivity index (χ3n) is 6.53. The SMILES string of the molecule is CC(CC(=O)N1CCC2(CCC(=O)N(Cc3cccnc3)C2)CC1)n1ccnc1. The molecule has 0 aliphatic carbocycles. The van der Waals surface area contributed by atoms with Gasteiger partial charge in [0.2, 0.25) is 11.8 Å². The highest BCUT2D eigenvalue weighted by Crippen LogP contribution is 2.40. The molecule has 154 valence electrons. The molecule has 0 saturated carbocycles. The monoisotopic (exact) mass is 395 g/mol. The van der Waals surface area contributed by atoms with Crippen LogP contribution in [0, 0.1) is 5.41 Å². The minimum atomic E-state index is 0.114. The molecule has 2 aliphatic heterocycles. The molecule has 2 aromatic heterocycles. The van der Waals surface area contributed by atoms with Crippen molar-refractivity contribution >= 4 is 11.8 Å². The molecule has 0 radical (unpaired) electrons. The summed E-state index contributed by atoms with van der Waals surface area (Å²) in [6.07, 6.45) is 13.0. The second kappa shape index (κ2) is 8.35. The van der Waals surface area contributed by atoms with E-state index >= 15 is 0 Å². The molecule has 1 unspecified atom stereocenters. The van der Waals surface area contributed by atoms with E-state index in [1.165, 1.54) is 0 Å². The summed E-state index contributed by atoms with van der Waals surface area (Å²) in [7, 11) is 0. The minimum absolute atomic E-state index is 0.114. The Morgan fingerprint density at radius 3 is 2.72 bits per heavy atom. The lowest BCUT2D eigenvalue weighted by atomic mass is 9.72. The van der Waals surface area contributed by atoms with E-state index in [1.807, 2.05) is 45.8 Å². The molecule has 2 fully saturated rings. The van der Waals surface area contributed by atoms with Gasteiger partial charge in [0.1, 0.15) is 0 Å². The third-order valence-corrected chi connectivity index (χ3v) is 6.53. The van der Waals surface area contributed by atoms with E-state index in [4.69, 9.17) is 0 Å². The molecule has 0 N–H and O–H groups in total. The summed E-state index contributed by atoms with van der Waals surface area (Å²) in [5.74, 6) is 0.437. The molecular formula is C22H29N5O2. The summed E-state index contributed by atoms with van der Waals surface area (Å²) in [6, 6.07) is 4.04. The third kappa shape index (κ3) is 4.49. The smallest absolute Gasteiger partial charge is 0.224 e. The Morgan fingerprint density at radius 1 is 1.21 bits per heavy atom. The van der Waals surface area contributed by atoms with Crippen LogP contribution in [0.2, 0.25) is 0 Å². The maximum Gasteiger partial charge on any atom is 0.224 e. The molecule has 4 rings (SSSR count). The fraction of sp³-hybridized carbons (Fsp3) is 0.545. The molecular weight excluding hydrogens is 366 g/mol. The van der Waals surface area contributed by atoms with Gasteiger partial charge in [0.05, 0.1) is 6.33 Å². The van der Waals surface area contributed by atoms with Crippen molar-refractivity contribution in [3.63, 3.8) is 0 Å². The average Bonchev–Trinajstić information content (AvgIpc) is 3.27. The Hall–Kier alpha value is -2.70. The van der Waals surface area contributed by atoms with Crippen LogP contribution >= 0.6 is 0 Å². The summed E-state index contributed by atoms with van der Waals surface area (Å²) < 4.78 is 1.98. The van der Waals surface area contributed by atoms with Crippen LogP contribution in [-0.2, 0) is 16.1 Å². The van der Waals surface area contributed by atoms with E-state index in [9.17, 15) is 9.59 Å². The quantitative estimate of drug-likeness (QED) is 0.780. The van der Waals surface area contributed by atoms with Crippen LogP contribution in [0.4, 0.5) is 0 Å². The molecule has 0 aromatic carbocycles. The molecule has 7 heteroatoms. The highest BCUT2D eigenvalue weighted by atomic mass is 16.2. The number of hydrogen-bond acceptors (Lipinski definition) is 4. The number of likely N-dealkylation sites (tertiary alicyclic amines) is 2. The van der Waals surface area contributed by atoms with Crippen molar-refractivity contribution in [1.29, 1.82) is 0 Å². The number of imidazole rings is 1. The largest absolute Gasteiger partial charge is 0.343 e. The van der Waals surface area contributed by atoms with E-state index < -0.39 is 0 Å². The Labute approximate surface area is 171 Å². The normalized spacial score (nSPS) is 20.1. The first-order valence-electron chi connectivity index (χ1n) is 10.5. The fourth-order valence-electron chi connectivity index (χ4n) is 4.61. The number of nitrogens with zero attached hydrogens (tertiary/aromatic N) is 5. The Bertz CT molecular complexity index is 828. The van der Waals surface area contributed by atoms with Gasteiger partial charge in [0.15, 0.2) is 0 Å². The Balaban J connectivity index is 1.33. The standard InChI is InChI=1S/C22H29N5O2/c1-18(26-12-9-24-17-26)13-21(29)25-10-6-22(7-11-25)5-4-20(28)27(16-22)15-19-3-2-8-23-14-19/h2-3,8-9,12,14,17-18H,4-7,10-11,13,15-16H2,1H3. The molecule has 2 amide bonds. The molecule has 2 aromatic rings. The van der Waals surface area contributed by atoms with Gasteiger partial charge in [0, 0.05) is 69.8 Å². The number of carbonyl (C=O) groups is 2. The molecule has 29 heavy (non-hydrogen) atoms. The van der Waals surface area contributed by atoms with E-state index in [2.05, 4.69) is 9.97 Å². The van der Waals surface area contributed by atoms with Crippen LogP contribution in [0.5, 0.6) is 0 Å². The highest BCUT2D eigenvalue weighted by Gasteiger charge is 2.41. The first kappa shape index (κ1) is 19.6. The van der Waals surface area contributed by atoms with Crippen LogP contribution in [0.15, 0.2) is 43.2 Å². The van der Waals surface area contributed by atoms with E-state index in [0.717, 1.165) is 44.5 Å². The molecule has 2 aliphatic rings. The zero-order chi connectivity index (χ0) is 20.3. The fourth-order valence-corrected chi connectivity index (χ4v) is 4.61. The second-order valence-electron chi connectivity index (χ2n) is 8.55. The summed E-state index contributed by atoms with van der Waals surface area (Å²) in [6.45, 7) is 5.02. The van der Waals surface area contributed by atoms with Gasteiger partial charge in [-0.3, -0.25) is 14.6 Å². The first-order chi connectivity index (χ1) is 14.0. The number of pyridine rings is 1. The van der Waals surface area contributed by atoms with Gasteiger partial charge in [-0.1, -0.05) is 6.07 Å². The van der Waals surface area contributed by atoms with Crippen molar-refractivity contribution in [2.45, 2.75) is 51.6 Å². The molecule has 0 bridgehead atoms. The number of piperidine rings is 2. The predicted molar refractivity (Wildman–Crippen MR) is 109 cm³/mol. The van der Waals surface area contributed by atoms with Crippen molar-refractivity contribution in [3.05, 3.63) is 48.8 Å². The maximum atomic E-state index is 12.8. The van der Waals surface area contributed by atoms with Crippen molar-refractivity contribution in [1.82, 2.24) is 24.3 Å². The van der Waals surface area contributed by atoms with Crippen LogP contribution in [0.3, 0.4) is 0 Å². The number of rotatable bonds is 5. The van der Waals surface area contributed by atoms with Gasteiger partial charge in [-0.2, -0.15) is 0 Å². The van der Waals surface area contributed by atoms with Crippen molar-refractivity contribution < 1.29 is 9.59 Å². The van der Waals surface area contributed by atoms with E-state index in [0.29, 0.717) is 19.4 Å². The Kier molecular flexibility index (Phi) is 5.65. The van der Waals surface area contributed by atoms with Gasteiger partial charge in [0.25, 0.3) is 0 Å². The van der Waals surface area contributed by atoms with Crippen LogP contribution in [0.25, 0.3) is 0 Å². The van der Waals surface area contributed by atoms with Gasteiger partial charge >= 0.3 is 0 Å². The van der Waals surface area contributed by atoms with E-state index in [-0.39, 0.29) is 23.3 Å². The number of hydrogen-bond donors (Lipinski definition) is 0. The van der Waals surface area contributed by atoms with Crippen molar-refractivity contribution in [2.24, 2.45) is 5.41 Å². The van der Waals surface area contributed by atoms with Crippen LogP contribution < -0.4 is 0 Å². The van der Waals surface area contributed by atoms with Crippen molar-refractivity contribution in [2.75, 3.05) is 19.6 Å². The molecule has 4 heterocycles. The van der Waals surface area contributed by atoms with Gasteiger partial charge in [-0.05, 0) is 43.2 Å². The molecule has 2 saturated heterocycles. The molecule has 1 spiro atoms. The second-order valence-corrected chi connectivity index (χ2v) is 8.55. The molecule has 1 atom stereocenters. The Morgan fingerprint density at radius 2 is 2.03 bits per heavy atom. The lowest BCUT2D eigenvalue weighted by Crippen LogP contribution is -2.52. The number of amides is 2. The van der Waals surface area contributed by atoms with Crippen LogP contribution in [0.1, 0.15) is 50.6 Å². The van der Waals surface area contributed by atoms with E-state index in [1.54, 1.807) is 18.7 Å². The maximum absolute atomic E-state index is 12.8. The van der Waals surface area contributed by atoms with Crippen LogP contribution in [-0.4, -0.2) is 55.8 Å². The minimum Gasteiger partial charge on any atom is -0.343 e. The lowest BCUT2D eigenvalue weighted by Gasteiger charge is -2.47. The zero-order valence-electron chi connectivity index (χ0n) is 17.0. The molecule has 7 nitrogen and oxygen atoms in total. The summed E-state index contributed by atoms with van der Waals surface area (Å²) in [5, 5.41) is 0. The summed E-state index contributed by atoms with van der Waals surface area (Å²) in [5.41, 5.74) is 1.21. The zero-order valence-corrected chi connectivity index (χ0v) is 17.0. The number of aromatic nitrogens is 3.